The second-order valence-electron chi connectivity index (χ2n) is 10.3. The summed E-state index contributed by atoms with van der Waals surface area (Å²) < 4.78 is 29.2. The van der Waals surface area contributed by atoms with Crippen LogP contribution in [-0.2, 0) is 26.2 Å². The first-order chi connectivity index (χ1) is 19.0. The minimum Gasteiger partial charge on any atom is -0.352 e. The Morgan fingerprint density at radius 1 is 0.825 bits per heavy atom. The van der Waals surface area contributed by atoms with Gasteiger partial charge in [-0.15, -0.1) is 0 Å². The Morgan fingerprint density at radius 2 is 1.43 bits per heavy atom. The summed E-state index contributed by atoms with van der Waals surface area (Å²) >= 11 is 0. The number of nitrogens with one attached hydrogen (secondary N) is 1. The van der Waals surface area contributed by atoms with Gasteiger partial charge >= 0.3 is 0 Å². The van der Waals surface area contributed by atoms with Crippen molar-refractivity contribution in [3.8, 4) is 0 Å². The molecule has 3 aromatic carbocycles. The lowest BCUT2D eigenvalue weighted by Crippen LogP contribution is -2.53. The molecule has 0 aromatic heterocycles. The third-order valence-corrected chi connectivity index (χ3v) is 9.03. The first-order valence-corrected chi connectivity index (χ1v) is 15.2. The number of nitrogens with zero attached hydrogens (tertiary/aromatic N) is 2. The van der Waals surface area contributed by atoms with Crippen molar-refractivity contribution in [1.82, 2.24) is 10.2 Å². The van der Waals surface area contributed by atoms with Gasteiger partial charge < -0.3 is 10.2 Å². The Balaban J connectivity index is 2.08. The molecule has 3 rings (SSSR count). The third-order valence-electron chi connectivity index (χ3n) is 7.26. The van der Waals surface area contributed by atoms with E-state index in [0.29, 0.717) is 12.1 Å². The lowest BCUT2D eigenvalue weighted by Gasteiger charge is -2.34. The molecule has 3 aromatic rings. The van der Waals surface area contributed by atoms with Gasteiger partial charge in [-0.2, -0.15) is 0 Å². The number of hydrogen-bond donors (Lipinski definition) is 1. The molecule has 0 aliphatic carbocycles. The second kappa shape index (κ2) is 13.6. The molecule has 0 heterocycles. The molecule has 1 N–H and O–H groups in total. The first-order valence-electron chi connectivity index (χ1n) is 13.8. The SMILES string of the molecule is CCC(C)NC(=O)C(CC)N(Cc1ccccc1C)C(=O)CN(c1ccccc1C)S(=O)(=O)c1ccc(C)cc1. The Morgan fingerprint density at radius 3 is 2.00 bits per heavy atom. The zero-order valence-corrected chi connectivity index (χ0v) is 25.2. The molecule has 0 bridgehead atoms. The van der Waals surface area contributed by atoms with E-state index in [9.17, 15) is 18.0 Å². The number of para-hydroxylation sites is 1. The Kier molecular flexibility index (Phi) is 10.5. The maximum absolute atomic E-state index is 14.2. The topological polar surface area (TPSA) is 86.8 Å². The molecule has 7 nitrogen and oxygen atoms in total. The van der Waals surface area contributed by atoms with Crippen LogP contribution < -0.4 is 9.62 Å². The van der Waals surface area contributed by atoms with Gasteiger partial charge in [-0.25, -0.2) is 8.42 Å². The van der Waals surface area contributed by atoms with Crippen LogP contribution in [0.5, 0.6) is 0 Å². The van der Waals surface area contributed by atoms with Crippen molar-refractivity contribution >= 4 is 27.5 Å². The fourth-order valence-electron chi connectivity index (χ4n) is 4.53. The highest BCUT2D eigenvalue weighted by Gasteiger charge is 2.34. The highest BCUT2D eigenvalue weighted by molar-refractivity contribution is 7.92. The van der Waals surface area contributed by atoms with Crippen molar-refractivity contribution in [2.24, 2.45) is 0 Å². The lowest BCUT2D eigenvalue weighted by atomic mass is 10.1. The molecular weight excluding hydrogens is 522 g/mol. The van der Waals surface area contributed by atoms with E-state index in [1.165, 1.54) is 9.21 Å². The highest BCUT2D eigenvalue weighted by Crippen LogP contribution is 2.28. The van der Waals surface area contributed by atoms with E-state index in [0.717, 1.165) is 28.7 Å². The minimum absolute atomic E-state index is 0.0534. The minimum atomic E-state index is -4.09. The van der Waals surface area contributed by atoms with Crippen LogP contribution in [0.2, 0.25) is 0 Å². The quantitative estimate of drug-likeness (QED) is 0.314. The molecule has 0 radical (unpaired) electrons. The summed E-state index contributed by atoms with van der Waals surface area (Å²) in [6.07, 6.45) is 1.14. The van der Waals surface area contributed by atoms with E-state index in [1.54, 1.807) is 36.4 Å². The average molecular weight is 564 g/mol. The van der Waals surface area contributed by atoms with Crippen molar-refractivity contribution in [3.05, 3.63) is 95.1 Å². The van der Waals surface area contributed by atoms with Crippen LogP contribution in [0.1, 0.15) is 55.9 Å². The molecule has 2 amide bonds. The summed E-state index contributed by atoms with van der Waals surface area (Å²) in [5, 5.41) is 3.01. The fourth-order valence-corrected chi connectivity index (χ4v) is 6.00. The molecule has 214 valence electrons. The molecule has 0 saturated heterocycles. The van der Waals surface area contributed by atoms with Gasteiger partial charge in [0.05, 0.1) is 10.6 Å². The number of hydrogen-bond acceptors (Lipinski definition) is 4. The van der Waals surface area contributed by atoms with Crippen molar-refractivity contribution in [3.63, 3.8) is 0 Å². The summed E-state index contributed by atoms with van der Waals surface area (Å²) in [6.45, 7) is 11.2. The van der Waals surface area contributed by atoms with E-state index in [-0.39, 0.29) is 23.4 Å². The number of aryl methyl sites for hydroxylation is 3. The van der Waals surface area contributed by atoms with Crippen LogP contribution in [0.3, 0.4) is 0 Å². The highest BCUT2D eigenvalue weighted by atomic mass is 32.2. The molecule has 0 fully saturated rings. The van der Waals surface area contributed by atoms with Crippen LogP contribution in [0.25, 0.3) is 0 Å². The molecule has 40 heavy (non-hydrogen) atoms. The fraction of sp³-hybridized carbons (Fsp3) is 0.375. The normalized spacial score (nSPS) is 12.8. The Hall–Kier alpha value is -3.65. The smallest absolute Gasteiger partial charge is 0.264 e. The third kappa shape index (κ3) is 7.30. The van der Waals surface area contributed by atoms with Crippen LogP contribution in [0, 0.1) is 20.8 Å². The van der Waals surface area contributed by atoms with E-state index in [2.05, 4.69) is 5.32 Å². The van der Waals surface area contributed by atoms with Gasteiger partial charge in [0.25, 0.3) is 10.0 Å². The number of amides is 2. The molecule has 2 unspecified atom stereocenters. The molecule has 0 saturated carbocycles. The zero-order chi connectivity index (χ0) is 29.4. The summed E-state index contributed by atoms with van der Waals surface area (Å²) in [5.41, 5.74) is 3.96. The number of carbonyl (C=O) groups is 2. The predicted molar refractivity (Wildman–Crippen MR) is 161 cm³/mol. The summed E-state index contributed by atoms with van der Waals surface area (Å²) in [7, 11) is -4.09. The summed E-state index contributed by atoms with van der Waals surface area (Å²) in [4.78, 5) is 29.2. The van der Waals surface area contributed by atoms with Crippen molar-refractivity contribution in [2.75, 3.05) is 10.8 Å². The molecule has 0 aliphatic rings. The average Bonchev–Trinajstić information content (AvgIpc) is 2.93. The van der Waals surface area contributed by atoms with Gasteiger partial charge in [0.15, 0.2) is 0 Å². The standard InChI is InChI=1S/C32H41N3O4S/c1-7-26(6)33-32(37)29(8-2)34(21-27-15-11-9-13-24(27)4)31(36)22-35(30-16-12-10-14-25(30)5)40(38,39)28-19-17-23(3)18-20-28/h9-20,26,29H,7-8,21-22H2,1-6H3,(H,33,37). The van der Waals surface area contributed by atoms with Gasteiger partial charge in [0, 0.05) is 12.6 Å². The number of carbonyl (C=O) groups excluding carboxylic acids is 2. The van der Waals surface area contributed by atoms with Gasteiger partial charge in [0.1, 0.15) is 12.6 Å². The van der Waals surface area contributed by atoms with E-state index in [4.69, 9.17) is 0 Å². The Labute approximate surface area is 239 Å². The lowest BCUT2D eigenvalue weighted by molar-refractivity contribution is -0.140. The van der Waals surface area contributed by atoms with Gasteiger partial charge in [-0.1, -0.05) is 74.0 Å². The largest absolute Gasteiger partial charge is 0.352 e. The van der Waals surface area contributed by atoms with Gasteiger partial charge in [-0.3, -0.25) is 13.9 Å². The number of sulfonamides is 1. The molecule has 8 heteroatoms. The van der Waals surface area contributed by atoms with Crippen LogP contribution in [0.4, 0.5) is 5.69 Å². The maximum Gasteiger partial charge on any atom is 0.264 e. The van der Waals surface area contributed by atoms with E-state index in [1.807, 2.05) is 77.9 Å². The van der Waals surface area contributed by atoms with E-state index >= 15 is 0 Å². The van der Waals surface area contributed by atoms with Gasteiger partial charge in [-0.05, 0) is 75.4 Å². The maximum atomic E-state index is 14.2. The van der Waals surface area contributed by atoms with Crippen molar-refractivity contribution < 1.29 is 18.0 Å². The zero-order valence-electron chi connectivity index (χ0n) is 24.3. The summed E-state index contributed by atoms with van der Waals surface area (Å²) in [5.74, 6) is -0.698. The first kappa shape index (κ1) is 30.9. The van der Waals surface area contributed by atoms with Crippen LogP contribution >= 0.6 is 0 Å². The second-order valence-corrected chi connectivity index (χ2v) is 12.2. The monoisotopic (exact) mass is 563 g/mol. The summed E-state index contributed by atoms with van der Waals surface area (Å²) in [6, 6.07) is 20.6. The van der Waals surface area contributed by atoms with Crippen LogP contribution in [-0.4, -0.2) is 43.8 Å². The number of benzene rings is 3. The van der Waals surface area contributed by atoms with Crippen molar-refractivity contribution in [2.45, 2.75) is 77.9 Å². The molecule has 0 aliphatic heterocycles. The molecule has 2 atom stereocenters. The predicted octanol–water partition coefficient (Wildman–Crippen LogP) is 5.53. The Bertz CT molecular complexity index is 1420. The van der Waals surface area contributed by atoms with E-state index < -0.39 is 28.5 Å². The van der Waals surface area contributed by atoms with Crippen LogP contribution in [0.15, 0.2) is 77.7 Å². The number of anilines is 1. The number of rotatable bonds is 12. The molecular formula is C32H41N3O4S. The van der Waals surface area contributed by atoms with Gasteiger partial charge in [0.2, 0.25) is 11.8 Å². The molecule has 0 spiro atoms. The van der Waals surface area contributed by atoms with Crippen molar-refractivity contribution in [1.29, 1.82) is 0 Å².